The Bertz CT molecular complexity index is 93.4. The molecular formula is C8H18N2. The highest BCUT2D eigenvalue weighted by Gasteiger charge is 2.27. The average molecular weight is 142 g/mol. The van der Waals surface area contributed by atoms with Crippen molar-refractivity contribution in [2.24, 2.45) is 11.8 Å². The van der Waals surface area contributed by atoms with Gasteiger partial charge in [0.1, 0.15) is 0 Å². The standard InChI is InChI=1S/C8H18N2/c1-3-4-8-7(2)5-6-10(8)9/h7-8H,3-6,9H2,1-2H3. The highest BCUT2D eigenvalue weighted by atomic mass is 15.4. The lowest BCUT2D eigenvalue weighted by atomic mass is 9.99. The van der Waals surface area contributed by atoms with Gasteiger partial charge in [-0.25, -0.2) is 5.01 Å². The van der Waals surface area contributed by atoms with Crippen LogP contribution in [0.1, 0.15) is 33.1 Å². The maximum Gasteiger partial charge on any atom is 0.0267 e. The molecule has 0 aromatic rings. The fraction of sp³-hybridized carbons (Fsp3) is 1.00. The minimum Gasteiger partial charge on any atom is -0.269 e. The van der Waals surface area contributed by atoms with Gasteiger partial charge in [-0.05, 0) is 18.8 Å². The molecule has 2 atom stereocenters. The highest BCUT2D eigenvalue weighted by molar-refractivity contribution is 4.80. The van der Waals surface area contributed by atoms with Gasteiger partial charge in [0.15, 0.2) is 0 Å². The van der Waals surface area contributed by atoms with E-state index in [9.17, 15) is 0 Å². The third kappa shape index (κ3) is 1.50. The SMILES string of the molecule is CCCC1C(C)CCN1N. The molecule has 1 rings (SSSR count). The van der Waals surface area contributed by atoms with Gasteiger partial charge in [0.05, 0.1) is 0 Å². The molecule has 0 aromatic heterocycles. The molecule has 1 heterocycles. The van der Waals surface area contributed by atoms with Gasteiger partial charge in [-0.1, -0.05) is 20.3 Å². The first-order valence-electron chi connectivity index (χ1n) is 4.27. The summed E-state index contributed by atoms with van der Waals surface area (Å²) in [6.07, 6.45) is 3.79. The van der Waals surface area contributed by atoms with Crippen molar-refractivity contribution in [3.05, 3.63) is 0 Å². The number of nitrogens with zero attached hydrogens (tertiary/aromatic N) is 1. The van der Waals surface area contributed by atoms with Crippen LogP contribution in [0, 0.1) is 5.92 Å². The second-order valence-corrected chi connectivity index (χ2v) is 3.36. The predicted molar refractivity (Wildman–Crippen MR) is 43.4 cm³/mol. The van der Waals surface area contributed by atoms with Crippen LogP contribution in [0.4, 0.5) is 0 Å². The summed E-state index contributed by atoms with van der Waals surface area (Å²) in [6, 6.07) is 0.657. The van der Waals surface area contributed by atoms with E-state index in [-0.39, 0.29) is 0 Å². The fourth-order valence-electron chi connectivity index (χ4n) is 1.78. The summed E-state index contributed by atoms with van der Waals surface area (Å²) in [4.78, 5) is 0. The Labute approximate surface area is 63.4 Å². The third-order valence-electron chi connectivity index (χ3n) is 2.51. The van der Waals surface area contributed by atoms with Crippen LogP contribution in [0.25, 0.3) is 0 Å². The summed E-state index contributed by atoms with van der Waals surface area (Å²) in [7, 11) is 0. The van der Waals surface area contributed by atoms with Gasteiger partial charge >= 0.3 is 0 Å². The Morgan fingerprint density at radius 2 is 2.30 bits per heavy atom. The molecule has 2 nitrogen and oxygen atoms in total. The first-order valence-corrected chi connectivity index (χ1v) is 4.27. The van der Waals surface area contributed by atoms with Crippen LogP contribution in [-0.2, 0) is 0 Å². The molecule has 0 bridgehead atoms. The van der Waals surface area contributed by atoms with E-state index in [1.807, 2.05) is 5.01 Å². The number of hydrazine groups is 1. The normalized spacial score (nSPS) is 35.1. The fourth-order valence-corrected chi connectivity index (χ4v) is 1.78. The Balaban J connectivity index is 2.38. The summed E-state index contributed by atoms with van der Waals surface area (Å²) in [5.41, 5.74) is 0. The summed E-state index contributed by atoms with van der Waals surface area (Å²) in [5.74, 6) is 6.60. The van der Waals surface area contributed by atoms with Crippen LogP contribution in [-0.4, -0.2) is 17.6 Å². The first kappa shape index (κ1) is 8.02. The maximum atomic E-state index is 5.79. The molecule has 2 N–H and O–H groups in total. The lowest BCUT2D eigenvalue weighted by molar-refractivity contribution is 0.224. The predicted octanol–water partition coefficient (Wildman–Crippen LogP) is 1.37. The molecule has 0 aromatic carbocycles. The van der Waals surface area contributed by atoms with Crippen molar-refractivity contribution in [3.8, 4) is 0 Å². The third-order valence-corrected chi connectivity index (χ3v) is 2.51. The van der Waals surface area contributed by atoms with Crippen molar-refractivity contribution in [2.45, 2.75) is 39.2 Å². The summed E-state index contributed by atoms with van der Waals surface area (Å²) < 4.78 is 0. The highest BCUT2D eigenvalue weighted by Crippen LogP contribution is 2.23. The van der Waals surface area contributed by atoms with E-state index in [1.165, 1.54) is 19.3 Å². The molecule has 0 aliphatic carbocycles. The summed E-state index contributed by atoms with van der Waals surface area (Å²) in [6.45, 7) is 5.61. The Kier molecular flexibility index (Phi) is 2.69. The lowest BCUT2D eigenvalue weighted by Crippen LogP contribution is -2.37. The molecule has 1 saturated heterocycles. The van der Waals surface area contributed by atoms with Gasteiger partial charge < -0.3 is 0 Å². The lowest BCUT2D eigenvalue weighted by Gasteiger charge is -2.21. The van der Waals surface area contributed by atoms with Gasteiger partial charge in [0, 0.05) is 12.6 Å². The van der Waals surface area contributed by atoms with Gasteiger partial charge in [0.25, 0.3) is 0 Å². The minimum atomic E-state index is 0.657. The number of hydrogen-bond acceptors (Lipinski definition) is 2. The monoisotopic (exact) mass is 142 g/mol. The van der Waals surface area contributed by atoms with Gasteiger partial charge in [0.2, 0.25) is 0 Å². The zero-order valence-electron chi connectivity index (χ0n) is 7.01. The van der Waals surface area contributed by atoms with Gasteiger partial charge in [-0.2, -0.15) is 0 Å². The second-order valence-electron chi connectivity index (χ2n) is 3.36. The van der Waals surface area contributed by atoms with E-state index in [2.05, 4.69) is 13.8 Å². The summed E-state index contributed by atoms with van der Waals surface area (Å²) in [5, 5.41) is 2.01. The van der Waals surface area contributed by atoms with E-state index in [4.69, 9.17) is 5.84 Å². The molecule has 1 fully saturated rings. The van der Waals surface area contributed by atoms with Crippen molar-refractivity contribution in [2.75, 3.05) is 6.54 Å². The molecule has 60 valence electrons. The zero-order chi connectivity index (χ0) is 7.56. The van der Waals surface area contributed by atoms with Crippen molar-refractivity contribution >= 4 is 0 Å². The van der Waals surface area contributed by atoms with Crippen molar-refractivity contribution in [1.29, 1.82) is 0 Å². The van der Waals surface area contributed by atoms with Crippen molar-refractivity contribution in [1.82, 2.24) is 5.01 Å². The van der Waals surface area contributed by atoms with Gasteiger partial charge in [-0.15, -0.1) is 0 Å². The molecule has 0 spiro atoms. The van der Waals surface area contributed by atoms with Crippen LogP contribution < -0.4 is 5.84 Å². The van der Waals surface area contributed by atoms with E-state index < -0.39 is 0 Å². The Morgan fingerprint density at radius 3 is 2.70 bits per heavy atom. The second kappa shape index (κ2) is 3.35. The number of rotatable bonds is 2. The number of hydrogen-bond donors (Lipinski definition) is 1. The average Bonchev–Trinajstić information content (AvgIpc) is 2.20. The van der Waals surface area contributed by atoms with E-state index in [0.717, 1.165) is 12.5 Å². The zero-order valence-corrected chi connectivity index (χ0v) is 7.01. The molecule has 10 heavy (non-hydrogen) atoms. The largest absolute Gasteiger partial charge is 0.269 e. The van der Waals surface area contributed by atoms with Crippen LogP contribution >= 0.6 is 0 Å². The molecule has 2 unspecified atom stereocenters. The van der Waals surface area contributed by atoms with Crippen molar-refractivity contribution in [3.63, 3.8) is 0 Å². The molecule has 0 radical (unpaired) electrons. The van der Waals surface area contributed by atoms with Crippen LogP contribution in [0.15, 0.2) is 0 Å². The molecule has 2 heteroatoms. The van der Waals surface area contributed by atoms with Crippen LogP contribution in [0.3, 0.4) is 0 Å². The molecule has 0 amide bonds. The smallest absolute Gasteiger partial charge is 0.0267 e. The molecule has 1 aliphatic rings. The first-order chi connectivity index (χ1) is 4.75. The van der Waals surface area contributed by atoms with E-state index >= 15 is 0 Å². The molecular weight excluding hydrogens is 124 g/mol. The van der Waals surface area contributed by atoms with Gasteiger partial charge in [-0.3, -0.25) is 5.84 Å². The van der Waals surface area contributed by atoms with Crippen LogP contribution in [0.2, 0.25) is 0 Å². The quantitative estimate of drug-likeness (QED) is 0.590. The molecule has 1 aliphatic heterocycles. The maximum absolute atomic E-state index is 5.79. The van der Waals surface area contributed by atoms with Crippen molar-refractivity contribution < 1.29 is 0 Å². The van der Waals surface area contributed by atoms with Crippen LogP contribution in [0.5, 0.6) is 0 Å². The molecule has 0 saturated carbocycles. The summed E-state index contributed by atoms with van der Waals surface area (Å²) >= 11 is 0. The topological polar surface area (TPSA) is 29.3 Å². The minimum absolute atomic E-state index is 0.657. The Hall–Kier alpha value is -0.0800. The Morgan fingerprint density at radius 1 is 1.60 bits per heavy atom. The van der Waals surface area contributed by atoms with E-state index in [1.54, 1.807) is 0 Å². The van der Waals surface area contributed by atoms with E-state index in [0.29, 0.717) is 6.04 Å². The number of nitrogens with two attached hydrogens (primary N) is 1.